The lowest BCUT2D eigenvalue weighted by molar-refractivity contribution is -0.140. The van der Waals surface area contributed by atoms with Crippen LogP contribution < -0.4 is 11.1 Å². The fraction of sp³-hybridized carbons (Fsp3) is 0.182. The highest BCUT2D eigenvalue weighted by atomic mass is 32.1. The van der Waals surface area contributed by atoms with E-state index in [1.165, 1.54) is 4.68 Å². The molecule has 0 spiro atoms. The second-order valence-corrected chi connectivity index (χ2v) is 8.52. The quantitative estimate of drug-likeness (QED) is 0.449. The van der Waals surface area contributed by atoms with E-state index in [0.29, 0.717) is 16.9 Å². The van der Waals surface area contributed by atoms with Gasteiger partial charge in [0.05, 0.1) is 5.69 Å². The number of halogens is 3. The number of primary amides is 1. The summed E-state index contributed by atoms with van der Waals surface area (Å²) in [5.41, 5.74) is 6.77. The second-order valence-electron chi connectivity index (χ2n) is 7.52. The summed E-state index contributed by atoms with van der Waals surface area (Å²) in [6.07, 6.45) is -4.71. The van der Waals surface area contributed by atoms with Crippen molar-refractivity contribution in [1.82, 2.24) is 14.8 Å². The lowest BCUT2D eigenvalue weighted by Crippen LogP contribution is -2.17. The lowest BCUT2D eigenvalue weighted by Gasteiger charge is -2.12. The Labute approximate surface area is 190 Å². The number of anilines is 1. The Kier molecular flexibility index (Phi) is 5.44. The number of nitrogens with zero attached hydrogens (tertiary/aromatic N) is 3. The van der Waals surface area contributed by atoms with E-state index in [1.807, 2.05) is 6.92 Å². The second kappa shape index (κ2) is 8.00. The van der Waals surface area contributed by atoms with E-state index >= 15 is 0 Å². The van der Waals surface area contributed by atoms with Gasteiger partial charge in [-0.3, -0.25) is 14.3 Å². The molecule has 1 aromatic carbocycles. The molecular formula is C22H18F3N5O2S. The molecule has 2 amide bonds. The number of fused-ring (bicyclic) bond motifs is 1. The van der Waals surface area contributed by atoms with Crippen LogP contribution in [0.15, 0.2) is 36.4 Å². The van der Waals surface area contributed by atoms with Gasteiger partial charge < -0.3 is 11.1 Å². The molecule has 7 nitrogen and oxygen atoms in total. The molecule has 3 aromatic heterocycles. The summed E-state index contributed by atoms with van der Waals surface area (Å²) >= 11 is 0.694. The van der Waals surface area contributed by atoms with Crippen LogP contribution in [0.1, 0.15) is 37.1 Å². The van der Waals surface area contributed by atoms with E-state index in [2.05, 4.69) is 15.4 Å². The summed E-state index contributed by atoms with van der Waals surface area (Å²) in [4.78, 5) is 28.6. The molecule has 0 aliphatic heterocycles. The predicted molar refractivity (Wildman–Crippen MR) is 119 cm³/mol. The smallest absolute Gasteiger partial charge is 0.365 e. The fourth-order valence-corrected chi connectivity index (χ4v) is 4.35. The van der Waals surface area contributed by atoms with Crippen LogP contribution in [0.5, 0.6) is 0 Å². The van der Waals surface area contributed by atoms with Gasteiger partial charge in [-0.2, -0.15) is 18.3 Å². The molecule has 0 bridgehead atoms. The number of thiophene rings is 1. The van der Waals surface area contributed by atoms with Gasteiger partial charge in [-0.1, -0.05) is 29.8 Å². The van der Waals surface area contributed by atoms with Crippen molar-refractivity contribution >= 4 is 39.1 Å². The minimum absolute atomic E-state index is 0.00704. The average Bonchev–Trinajstić information content (AvgIpc) is 3.27. The van der Waals surface area contributed by atoms with Crippen molar-refractivity contribution in [2.45, 2.75) is 20.0 Å². The van der Waals surface area contributed by atoms with Crippen LogP contribution in [0.25, 0.3) is 21.3 Å². The maximum absolute atomic E-state index is 13.6. The zero-order valence-electron chi connectivity index (χ0n) is 17.7. The Morgan fingerprint density at radius 2 is 1.79 bits per heavy atom. The minimum Gasteiger partial charge on any atom is -0.365 e. The van der Waals surface area contributed by atoms with Gasteiger partial charge in [0.15, 0.2) is 5.69 Å². The van der Waals surface area contributed by atoms with Crippen LogP contribution in [0.3, 0.4) is 0 Å². The highest BCUT2D eigenvalue weighted by molar-refractivity contribution is 7.21. The zero-order valence-corrected chi connectivity index (χ0v) is 18.6. The van der Waals surface area contributed by atoms with Crippen LogP contribution >= 0.6 is 11.3 Å². The average molecular weight is 473 g/mol. The molecule has 170 valence electrons. The summed E-state index contributed by atoms with van der Waals surface area (Å²) in [5, 5.41) is 6.94. The third kappa shape index (κ3) is 4.19. The number of hydrogen-bond acceptors (Lipinski definition) is 5. The molecule has 4 aromatic rings. The van der Waals surface area contributed by atoms with Crippen LogP contribution in [-0.2, 0) is 13.2 Å². The number of aryl methyl sites for hydroxylation is 3. The molecule has 3 N–H and O–H groups in total. The van der Waals surface area contributed by atoms with Crippen LogP contribution in [0.2, 0.25) is 0 Å². The number of carbonyl (C=O) groups is 2. The molecule has 0 unspecified atom stereocenters. The fourth-order valence-electron chi connectivity index (χ4n) is 3.35. The van der Waals surface area contributed by atoms with Gasteiger partial charge in [0, 0.05) is 18.1 Å². The Morgan fingerprint density at radius 3 is 2.33 bits per heavy atom. The summed E-state index contributed by atoms with van der Waals surface area (Å²) in [6.45, 7) is 3.61. The summed E-state index contributed by atoms with van der Waals surface area (Å²) in [6, 6.07) is 9.30. The van der Waals surface area contributed by atoms with Gasteiger partial charge in [-0.15, -0.1) is 11.3 Å². The monoisotopic (exact) mass is 473 g/mol. The topological polar surface area (TPSA) is 103 Å². The third-order valence-electron chi connectivity index (χ3n) is 5.12. The van der Waals surface area contributed by atoms with Gasteiger partial charge >= 0.3 is 6.18 Å². The maximum atomic E-state index is 13.6. The summed E-state index contributed by atoms with van der Waals surface area (Å²) in [5.74, 6) is -1.52. The van der Waals surface area contributed by atoms with Crippen molar-refractivity contribution < 1.29 is 22.8 Å². The molecule has 0 saturated carbocycles. The zero-order chi connectivity index (χ0) is 24.1. The van der Waals surface area contributed by atoms with Crippen LogP contribution in [0, 0.1) is 13.8 Å². The number of aromatic nitrogens is 3. The van der Waals surface area contributed by atoms with Crippen LogP contribution in [-0.4, -0.2) is 26.6 Å². The normalized spacial score (nSPS) is 11.7. The van der Waals surface area contributed by atoms with Gasteiger partial charge in [-0.25, -0.2) is 4.98 Å². The molecule has 3 heterocycles. The van der Waals surface area contributed by atoms with Gasteiger partial charge in [0.25, 0.3) is 11.8 Å². The van der Waals surface area contributed by atoms with E-state index in [4.69, 9.17) is 5.73 Å². The number of amides is 2. The maximum Gasteiger partial charge on any atom is 0.433 e. The third-order valence-corrected chi connectivity index (χ3v) is 6.22. The van der Waals surface area contributed by atoms with Crippen LogP contribution in [0.4, 0.5) is 18.9 Å². The van der Waals surface area contributed by atoms with E-state index in [9.17, 15) is 22.8 Å². The van der Waals surface area contributed by atoms with Crippen molar-refractivity contribution in [3.63, 3.8) is 0 Å². The Hall–Kier alpha value is -3.73. The van der Waals surface area contributed by atoms with Crippen molar-refractivity contribution in [2.75, 3.05) is 5.32 Å². The van der Waals surface area contributed by atoms with Crippen molar-refractivity contribution in [1.29, 1.82) is 0 Å². The molecule has 4 rings (SSSR count). The Morgan fingerprint density at radius 1 is 1.12 bits per heavy atom. The van der Waals surface area contributed by atoms with Crippen molar-refractivity contribution in [2.24, 2.45) is 12.8 Å². The highest BCUT2D eigenvalue weighted by Gasteiger charge is 2.35. The Bertz CT molecular complexity index is 1380. The first-order valence-corrected chi connectivity index (χ1v) is 10.5. The molecule has 0 saturated heterocycles. The molecule has 0 aliphatic rings. The molecule has 0 radical (unpaired) electrons. The van der Waals surface area contributed by atoms with E-state index in [0.717, 1.165) is 17.3 Å². The van der Waals surface area contributed by atoms with Gasteiger partial charge in [0.1, 0.15) is 15.4 Å². The molecule has 0 aliphatic carbocycles. The van der Waals surface area contributed by atoms with E-state index in [-0.39, 0.29) is 32.0 Å². The Balaban J connectivity index is 1.98. The number of nitrogens with two attached hydrogens (primary N) is 1. The van der Waals surface area contributed by atoms with Gasteiger partial charge in [0.2, 0.25) is 0 Å². The molecule has 0 fully saturated rings. The van der Waals surface area contributed by atoms with E-state index in [1.54, 1.807) is 44.3 Å². The van der Waals surface area contributed by atoms with Crippen molar-refractivity contribution in [3.8, 4) is 11.1 Å². The summed E-state index contributed by atoms with van der Waals surface area (Å²) < 4.78 is 42.3. The molecule has 33 heavy (non-hydrogen) atoms. The van der Waals surface area contributed by atoms with Crippen molar-refractivity contribution in [3.05, 3.63) is 63.9 Å². The predicted octanol–water partition coefficient (Wildman–Crippen LogP) is 4.68. The first-order valence-electron chi connectivity index (χ1n) is 9.69. The number of carbonyl (C=O) groups excluding carboxylic acids is 2. The van der Waals surface area contributed by atoms with Gasteiger partial charge in [-0.05, 0) is 37.1 Å². The number of hydrogen-bond donors (Lipinski definition) is 2. The standard InChI is InChI=1S/C22H18F3N5O2S/c1-10-4-6-12(7-5-10)13-9-15(22(23,24)25)27-21-16(13)17(18(33-21)19(26)31)28-20(32)14-8-11(2)30(3)29-14/h4-9H,1-3H3,(H2,26,31)(H,28,32). The van der Waals surface area contributed by atoms with E-state index < -0.39 is 23.7 Å². The molecule has 11 heteroatoms. The number of pyridine rings is 1. The molecular weight excluding hydrogens is 455 g/mol. The molecule has 0 atom stereocenters. The first-order chi connectivity index (χ1) is 15.5. The first kappa shape index (κ1) is 22.5. The number of rotatable bonds is 4. The summed E-state index contributed by atoms with van der Waals surface area (Å²) in [7, 11) is 1.67. The number of benzene rings is 1. The SMILES string of the molecule is Cc1ccc(-c2cc(C(F)(F)F)nc3sc(C(N)=O)c(NC(=O)c4cc(C)n(C)n4)c23)cc1. The number of alkyl halides is 3. The lowest BCUT2D eigenvalue weighted by atomic mass is 10.00. The highest BCUT2D eigenvalue weighted by Crippen LogP contribution is 2.43. The minimum atomic E-state index is -4.71. The largest absolute Gasteiger partial charge is 0.433 e. The number of nitrogens with one attached hydrogen (secondary N) is 1.